The third-order valence-electron chi connectivity index (χ3n) is 1.87. The van der Waals surface area contributed by atoms with Gasteiger partial charge in [-0.2, -0.15) is 0 Å². The smallest absolute Gasteiger partial charge is 0.373 e. The van der Waals surface area contributed by atoms with Crippen LogP contribution in [0.4, 0.5) is 0 Å². The van der Waals surface area contributed by atoms with Gasteiger partial charge in [-0.1, -0.05) is 11.6 Å². The maximum absolute atomic E-state index is 11.1. The molecule has 5 heteroatoms. The summed E-state index contributed by atoms with van der Waals surface area (Å²) in [6, 6.07) is 6.80. The summed E-state index contributed by atoms with van der Waals surface area (Å²) in [5.41, 5.74) is 0.581. The van der Waals surface area contributed by atoms with Crippen LogP contribution in [-0.2, 0) is 4.74 Å². The van der Waals surface area contributed by atoms with E-state index in [9.17, 15) is 4.79 Å². The minimum atomic E-state index is -0.489. The van der Waals surface area contributed by atoms with Crippen molar-refractivity contribution in [1.82, 2.24) is 0 Å². The monoisotopic (exact) mass is 234 g/mol. The van der Waals surface area contributed by atoms with Crippen LogP contribution in [0.2, 0.25) is 5.02 Å². The molecular weight excluding hydrogens is 228 g/mol. The molecule has 3 nitrogen and oxygen atoms in total. The summed E-state index contributed by atoms with van der Waals surface area (Å²) < 4.78 is 9.77. The lowest BCUT2D eigenvalue weighted by Crippen LogP contribution is -1.97. The van der Waals surface area contributed by atoms with Gasteiger partial charge in [-0.25, -0.2) is 4.79 Å². The summed E-state index contributed by atoms with van der Waals surface area (Å²) in [6.07, 6.45) is 0. The zero-order valence-electron chi connectivity index (χ0n) is 8.12. The van der Waals surface area contributed by atoms with Crippen LogP contribution in [0.3, 0.4) is 0 Å². The first-order valence-corrected chi connectivity index (χ1v) is 4.36. The number of fused-ring (bicyclic) bond motifs is 1. The van der Waals surface area contributed by atoms with Crippen LogP contribution in [0.1, 0.15) is 10.6 Å². The first-order valence-electron chi connectivity index (χ1n) is 3.98. The standard InChI is InChI=1S/C10H7ClO3.Mg/c1-13-10(12)9-4-6-2-3-7(11)5-8(6)14-9;/h2-5H,1H3;. The van der Waals surface area contributed by atoms with E-state index in [1.807, 2.05) is 0 Å². The molecule has 0 amide bonds. The minimum absolute atomic E-state index is 0. The van der Waals surface area contributed by atoms with Gasteiger partial charge in [-0.15, -0.1) is 0 Å². The van der Waals surface area contributed by atoms with E-state index in [0.717, 1.165) is 5.39 Å². The highest BCUT2D eigenvalue weighted by atomic mass is 35.5. The Kier molecular flexibility index (Phi) is 4.01. The Morgan fingerprint density at radius 2 is 2.13 bits per heavy atom. The summed E-state index contributed by atoms with van der Waals surface area (Å²) in [5, 5.41) is 1.40. The number of furan rings is 1. The predicted molar refractivity (Wildman–Crippen MR) is 58.3 cm³/mol. The van der Waals surface area contributed by atoms with Gasteiger partial charge in [0.2, 0.25) is 5.76 Å². The highest BCUT2D eigenvalue weighted by Gasteiger charge is 2.11. The van der Waals surface area contributed by atoms with Crippen molar-refractivity contribution in [2.45, 2.75) is 0 Å². The van der Waals surface area contributed by atoms with Crippen LogP contribution in [0.5, 0.6) is 0 Å². The van der Waals surface area contributed by atoms with Crippen LogP contribution < -0.4 is 0 Å². The number of carbonyl (C=O) groups excluding carboxylic acids is 1. The Balaban J connectivity index is 0.00000112. The fourth-order valence-corrected chi connectivity index (χ4v) is 1.37. The van der Waals surface area contributed by atoms with Gasteiger partial charge in [0.05, 0.1) is 7.11 Å². The number of ether oxygens (including phenoxy) is 1. The Labute approximate surface area is 107 Å². The van der Waals surface area contributed by atoms with Crippen molar-refractivity contribution in [3.63, 3.8) is 0 Å². The fourth-order valence-electron chi connectivity index (χ4n) is 1.21. The topological polar surface area (TPSA) is 39.4 Å². The average Bonchev–Trinajstić information content (AvgIpc) is 2.59. The van der Waals surface area contributed by atoms with E-state index in [1.54, 1.807) is 24.3 Å². The van der Waals surface area contributed by atoms with Crippen molar-refractivity contribution in [2.24, 2.45) is 0 Å². The average molecular weight is 235 g/mol. The summed E-state index contributed by atoms with van der Waals surface area (Å²) in [4.78, 5) is 11.1. The second kappa shape index (κ2) is 4.87. The molecule has 2 aromatic rings. The van der Waals surface area contributed by atoms with E-state index in [2.05, 4.69) is 4.74 Å². The lowest BCUT2D eigenvalue weighted by molar-refractivity contribution is 0.0567. The van der Waals surface area contributed by atoms with E-state index in [0.29, 0.717) is 10.6 Å². The van der Waals surface area contributed by atoms with Gasteiger partial charge >= 0.3 is 5.97 Å². The molecule has 0 saturated heterocycles. The first-order chi connectivity index (χ1) is 6.70. The Hall–Kier alpha value is -0.714. The normalized spacial score (nSPS) is 9.73. The molecule has 0 aliphatic carbocycles. The molecule has 1 aromatic heterocycles. The summed E-state index contributed by atoms with van der Waals surface area (Å²) in [6.45, 7) is 0. The number of hydrogen-bond donors (Lipinski definition) is 0. The molecule has 0 aliphatic heterocycles. The van der Waals surface area contributed by atoms with Gasteiger partial charge in [0.15, 0.2) is 0 Å². The zero-order chi connectivity index (χ0) is 10.1. The molecule has 0 fully saturated rings. The van der Waals surface area contributed by atoms with Crippen molar-refractivity contribution < 1.29 is 13.9 Å². The highest BCUT2D eigenvalue weighted by molar-refractivity contribution is 6.31. The lowest BCUT2D eigenvalue weighted by atomic mass is 10.2. The summed E-state index contributed by atoms with van der Waals surface area (Å²) in [5.74, 6) is -0.304. The number of carbonyl (C=O) groups is 1. The second-order valence-electron chi connectivity index (χ2n) is 2.78. The van der Waals surface area contributed by atoms with Crippen LogP contribution in [-0.4, -0.2) is 36.1 Å². The quantitative estimate of drug-likeness (QED) is 0.562. The summed E-state index contributed by atoms with van der Waals surface area (Å²) in [7, 11) is 1.31. The third-order valence-corrected chi connectivity index (χ3v) is 2.10. The molecule has 1 aromatic carbocycles. The molecule has 0 spiro atoms. The summed E-state index contributed by atoms with van der Waals surface area (Å²) >= 11 is 5.77. The van der Waals surface area contributed by atoms with Crippen molar-refractivity contribution in [1.29, 1.82) is 0 Å². The van der Waals surface area contributed by atoms with Gasteiger partial charge in [-0.05, 0) is 18.2 Å². The SMILES string of the molecule is COC(=O)c1cc2ccc(Cl)cc2o1.[Mg]. The largest absolute Gasteiger partial charge is 0.463 e. The number of rotatable bonds is 1. The molecule has 2 rings (SSSR count). The molecule has 0 saturated carbocycles. The molecule has 0 bridgehead atoms. The zero-order valence-corrected chi connectivity index (χ0v) is 10.3. The van der Waals surface area contributed by atoms with Gasteiger partial charge in [0, 0.05) is 39.5 Å². The van der Waals surface area contributed by atoms with E-state index < -0.39 is 5.97 Å². The van der Waals surface area contributed by atoms with Crippen LogP contribution in [0.15, 0.2) is 28.7 Å². The van der Waals surface area contributed by atoms with Crippen molar-refractivity contribution in [3.8, 4) is 0 Å². The molecule has 0 N–H and O–H groups in total. The highest BCUT2D eigenvalue weighted by Crippen LogP contribution is 2.23. The maximum atomic E-state index is 11.1. The molecule has 2 radical (unpaired) electrons. The molecular formula is C10H7ClMgO3. The number of hydrogen-bond acceptors (Lipinski definition) is 3. The number of methoxy groups -OCH3 is 1. The second-order valence-corrected chi connectivity index (χ2v) is 3.22. The molecule has 0 atom stereocenters. The minimum Gasteiger partial charge on any atom is -0.463 e. The number of benzene rings is 1. The van der Waals surface area contributed by atoms with Gasteiger partial charge in [0.1, 0.15) is 5.58 Å². The van der Waals surface area contributed by atoms with Gasteiger partial charge in [-0.3, -0.25) is 0 Å². The Bertz CT molecular complexity index is 492. The van der Waals surface area contributed by atoms with Crippen LogP contribution in [0.25, 0.3) is 11.0 Å². The molecule has 15 heavy (non-hydrogen) atoms. The maximum Gasteiger partial charge on any atom is 0.373 e. The molecule has 1 heterocycles. The number of halogens is 1. The molecule has 74 valence electrons. The Morgan fingerprint density at radius 3 is 2.80 bits per heavy atom. The van der Waals surface area contributed by atoms with Crippen molar-refractivity contribution >= 4 is 51.6 Å². The van der Waals surface area contributed by atoms with Crippen LogP contribution >= 0.6 is 11.6 Å². The molecule has 0 unspecified atom stereocenters. The van der Waals surface area contributed by atoms with E-state index in [1.165, 1.54) is 7.11 Å². The van der Waals surface area contributed by atoms with E-state index in [4.69, 9.17) is 16.0 Å². The predicted octanol–water partition coefficient (Wildman–Crippen LogP) is 2.49. The van der Waals surface area contributed by atoms with Gasteiger partial charge < -0.3 is 9.15 Å². The third kappa shape index (κ3) is 2.45. The molecule has 0 aliphatic rings. The van der Waals surface area contributed by atoms with Crippen molar-refractivity contribution in [3.05, 3.63) is 35.0 Å². The lowest BCUT2D eigenvalue weighted by Gasteiger charge is -1.91. The number of esters is 1. The Morgan fingerprint density at radius 1 is 1.40 bits per heavy atom. The van der Waals surface area contributed by atoms with E-state index >= 15 is 0 Å². The fraction of sp³-hybridized carbons (Fsp3) is 0.100. The van der Waals surface area contributed by atoms with Crippen LogP contribution in [0, 0.1) is 0 Å². The van der Waals surface area contributed by atoms with Crippen molar-refractivity contribution in [2.75, 3.05) is 7.11 Å². The van der Waals surface area contributed by atoms with E-state index in [-0.39, 0.29) is 28.8 Å². The van der Waals surface area contributed by atoms with Gasteiger partial charge in [0.25, 0.3) is 0 Å². The first kappa shape index (κ1) is 12.4.